The molecule has 1 N–H and O–H groups in total. The molecule has 1 aliphatic carbocycles. The van der Waals surface area contributed by atoms with Crippen LogP contribution in [-0.2, 0) is 16.1 Å². The van der Waals surface area contributed by atoms with Crippen LogP contribution in [0.4, 0.5) is 0 Å². The van der Waals surface area contributed by atoms with Gasteiger partial charge in [-0.3, -0.25) is 9.59 Å². The average Bonchev–Trinajstić information content (AvgIpc) is 3.31. The van der Waals surface area contributed by atoms with Gasteiger partial charge >= 0.3 is 0 Å². The Balaban J connectivity index is 1.78. The number of unbranched alkanes of at least 4 members (excludes halogenated alkanes) is 1. The third kappa shape index (κ3) is 4.23. The van der Waals surface area contributed by atoms with Gasteiger partial charge in [-0.1, -0.05) is 43.1 Å². The van der Waals surface area contributed by atoms with Crippen LogP contribution in [0, 0.1) is 11.8 Å². The van der Waals surface area contributed by atoms with Crippen LogP contribution in [0.5, 0.6) is 0 Å². The van der Waals surface area contributed by atoms with E-state index in [4.69, 9.17) is 11.6 Å². The topological polar surface area (TPSA) is 49.4 Å². The molecule has 22 heavy (non-hydrogen) atoms. The van der Waals surface area contributed by atoms with Gasteiger partial charge in [-0.15, -0.1) is 0 Å². The maximum Gasteiger partial charge on any atom is 0.226 e. The highest BCUT2D eigenvalue weighted by Crippen LogP contribution is 2.40. The summed E-state index contributed by atoms with van der Waals surface area (Å²) >= 11 is 6.06. The number of nitrogens with zero attached hydrogens (tertiary/aromatic N) is 1. The van der Waals surface area contributed by atoms with Gasteiger partial charge in [-0.2, -0.15) is 0 Å². The molecule has 120 valence electrons. The van der Waals surface area contributed by atoms with Gasteiger partial charge in [0.25, 0.3) is 0 Å². The lowest BCUT2D eigenvalue weighted by molar-refractivity contribution is -0.133. The molecule has 1 fully saturated rings. The number of rotatable bonds is 7. The van der Waals surface area contributed by atoms with Gasteiger partial charge in [0, 0.05) is 25.2 Å². The minimum Gasteiger partial charge on any atom is -0.352 e. The summed E-state index contributed by atoms with van der Waals surface area (Å²) in [5.74, 6) is -0.291. The molecule has 0 heterocycles. The molecule has 0 saturated heterocycles. The lowest BCUT2D eigenvalue weighted by atomic mass is 10.2. The first-order chi connectivity index (χ1) is 10.5. The normalized spacial score (nSPS) is 19.6. The molecular formula is C17H23ClN2O2. The van der Waals surface area contributed by atoms with Gasteiger partial charge in [0.1, 0.15) is 0 Å². The summed E-state index contributed by atoms with van der Waals surface area (Å²) < 4.78 is 0. The Morgan fingerprint density at radius 1 is 1.32 bits per heavy atom. The van der Waals surface area contributed by atoms with Crippen molar-refractivity contribution in [2.45, 2.75) is 32.7 Å². The zero-order chi connectivity index (χ0) is 16.1. The minimum atomic E-state index is -0.181. The van der Waals surface area contributed by atoms with Gasteiger partial charge in [0.05, 0.1) is 11.8 Å². The number of nitrogens with one attached hydrogen (secondary N) is 1. The maximum atomic E-state index is 12.2. The zero-order valence-electron chi connectivity index (χ0n) is 13.1. The van der Waals surface area contributed by atoms with E-state index in [-0.39, 0.29) is 23.7 Å². The molecule has 2 rings (SSSR count). The van der Waals surface area contributed by atoms with E-state index >= 15 is 0 Å². The summed E-state index contributed by atoms with van der Waals surface area (Å²) in [6.07, 6.45) is 2.71. The fourth-order valence-electron chi connectivity index (χ4n) is 2.50. The first-order valence-corrected chi connectivity index (χ1v) is 8.18. The van der Waals surface area contributed by atoms with E-state index in [2.05, 4.69) is 12.2 Å². The van der Waals surface area contributed by atoms with Crippen LogP contribution >= 0.6 is 11.6 Å². The molecule has 1 aliphatic rings. The number of hydrogen-bond acceptors (Lipinski definition) is 2. The number of benzene rings is 1. The molecule has 1 saturated carbocycles. The largest absolute Gasteiger partial charge is 0.352 e. The highest BCUT2D eigenvalue weighted by molar-refractivity contribution is 6.31. The van der Waals surface area contributed by atoms with Crippen molar-refractivity contribution in [3.63, 3.8) is 0 Å². The van der Waals surface area contributed by atoms with Gasteiger partial charge in [0.15, 0.2) is 0 Å². The number of hydrogen-bond donors (Lipinski definition) is 1. The van der Waals surface area contributed by atoms with Crippen LogP contribution in [0.15, 0.2) is 24.3 Å². The van der Waals surface area contributed by atoms with Crippen LogP contribution in [0.25, 0.3) is 0 Å². The van der Waals surface area contributed by atoms with E-state index < -0.39 is 0 Å². The molecule has 2 atom stereocenters. The molecule has 0 aliphatic heterocycles. The summed E-state index contributed by atoms with van der Waals surface area (Å²) in [6, 6.07) is 7.43. The van der Waals surface area contributed by atoms with Crippen LogP contribution in [0.1, 0.15) is 31.7 Å². The molecule has 5 heteroatoms. The Hall–Kier alpha value is -1.55. The molecular weight excluding hydrogens is 300 g/mol. The Morgan fingerprint density at radius 2 is 2.05 bits per heavy atom. The molecule has 2 amide bonds. The van der Waals surface area contributed by atoms with Gasteiger partial charge in [-0.25, -0.2) is 0 Å². The zero-order valence-corrected chi connectivity index (χ0v) is 13.9. The van der Waals surface area contributed by atoms with E-state index in [0.717, 1.165) is 24.9 Å². The fraction of sp³-hybridized carbons (Fsp3) is 0.529. The monoisotopic (exact) mass is 322 g/mol. The van der Waals surface area contributed by atoms with Crippen LogP contribution in [0.2, 0.25) is 5.02 Å². The second-order valence-corrected chi connectivity index (χ2v) is 6.28. The number of halogens is 1. The lowest BCUT2D eigenvalue weighted by Gasteiger charge is -2.16. The van der Waals surface area contributed by atoms with Crippen molar-refractivity contribution >= 4 is 23.4 Å². The fourth-order valence-corrected chi connectivity index (χ4v) is 2.70. The summed E-state index contributed by atoms with van der Waals surface area (Å²) in [7, 11) is 1.81. The van der Waals surface area contributed by atoms with E-state index in [1.165, 1.54) is 0 Å². The molecule has 0 spiro atoms. The standard InChI is InChI=1S/C17H23ClN2O2/c1-3-4-9-20(2)17(22)14-10-13(14)16(21)19-11-12-7-5-6-8-15(12)18/h5-8,13-14H,3-4,9-11H2,1-2H3,(H,19,21). The van der Waals surface area contributed by atoms with Crippen molar-refractivity contribution in [2.75, 3.05) is 13.6 Å². The van der Waals surface area contributed by atoms with E-state index in [1.54, 1.807) is 11.0 Å². The van der Waals surface area contributed by atoms with Gasteiger partial charge in [-0.05, 0) is 24.5 Å². The first kappa shape index (κ1) is 16.8. The molecule has 1 aromatic rings. The Kier molecular flexibility index (Phi) is 5.83. The van der Waals surface area contributed by atoms with Crippen LogP contribution < -0.4 is 5.32 Å². The highest BCUT2D eigenvalue weighted by atomic mass is 35.5. The third-order valence-corrected chi connectivity index (χ3v) is 4.45. The van der Waals surface area contributed by atoms with Crippen LogP contribution in [0.3, 0.4) is 0 Å². The predicted octanol–water partition coefficient (Wildman–Crippen LogP) is 2.85. The second kappa shape index (κ2) is 7.63. The highest BCUT2D eigenvalue weighted by Gasteiger charge is 2.48. The molecule has 4 nitrogen and oxygen atoms in total. The average molecular weight is 323 g/mol. The summed E-state index contributed by atoms with van der Waals surface area (Å²) in [4.78, 5) is 26.0. The summed E-state index contributed by atoms with van der Waals surface area (Å²) in [6.45, 7) is 3.27. The third-order valence-electron chi connectivity index (χ3n) is 4.08. The summed E-state index contributed by atoms with van der Waals surface area (Å²) in [5, 5.41) is 3.52. The second-order valence-electron chi connectivity index (χ2n) is 5.87. The Bertz CT molecular complexity index is 547. The Morgan fingerprint density at radius 3 is 2.73 bits per heavy atom. The molecule has 0 radical (unpaired) electrons. The predicted molar refractivity (Wildman–Crippen MR) is 87.4 cm³/mol. The van der Waals surface area contributed by atoms with Crippen molar-refractivity contribution in [3.05, 3.63) is 34.9 Å². The first-order valence-electron chi connectivity index (χ1n) is 7.80. The van der Waals surface area contributed by atoms with E-state index in [9.17, 15) is 9.59 Å². The smallest absolute Gasteiger partial charge is 0.226 e. The van der Waals surface area contributed by atoms with Crippen molar-refractivity contribution in [3.8, 4) is 0 Å². The lowest BCUT2D eigenvalue weighted by Crippen LogP contribution is -2.32. The Labute approximate surface area is 136 Å². The van der Waals surface area contributed by atoms with E-state index in [0.29, 0.717) is 18.0 Å². The quantitative estimate of drug-likeness (QED) is 0.839. The number of amides is 2. The number of carbonyl (C=O) groups excluding carboxylic acids is 2. The minimum absolute atomic E-state index is 0.0536. The van der Waals surface area contributed by atoms with Crippen molar-refractivity contribution in [1.29, 1.82) is 0 Å². The van der Waals surface area contributed by atoms with Crippen LogP contribution in [-0.4, -0.2) is 30.3 Å². The molecule has 0 bridgehead atoms. The molecule has 2 unspecified atom stereocenters. The van der Waals surface area contributed by atoms with E-state index in [1.807, 2.05) is 25.2 Å². The van der Waals surface area contributed by atoms with Gasteiger partial charge < -0.3 is 10.2 Å². The van der Waals surface area contributed by atoms with Gasteiger partial charge in [0.2, 0.25) is 11.8 Å². The molecule has 1 aromatic carbocycles. The van der Waals surface area contributed by atoms with Crippen molar-refractivity contribution in [1.82, 2.24) is 10.2 Å². The number of carbonyl (C=O) groups is 2. The molecule has 0 aromatic heterocycles. The summed E-state index contributed by atoms with van der Waals surface area (Å²) in [5.41, 5.74) is 0.890. The SMILES string of the molecule is CCCCN(C)C(=O)C1CC1C(=O)NCc1ccccc1Cl. The van der Waals surface area contributed by atoms with Crippen molar-refractivity contribution in [2.24, 2.45) is 11.8 Å². The maximum absolute atomic E-state index is 12.2. The van der Waals surface area contributed by atoms with Crippen molar-refractivity contribution < 1.29 is 9.59 Å².